The van der Waals surface area contributed by atoms with E-state index in [1.54, 1.807) is 19.1 Å². The fourth-order valence-corrected chi connectivity index (χ4v) is 1.80. The lowest BCUT2D eigenvalue weighted by molar-refractivity contribution is -0.384. The number of carbonyl (C=O) groups is 1. The van der Waals surface area contributed by atoms with Crippen molar-refractivity contribution < 1.29 is 18.9 Å². The number of hydrogen-bond acceptors (Lipinski definition) is 5. The zero-order valence-electron chi connectivity index (χ0n) is 11.4. The summed E-state index contributed by atoms with van der Waals surface area (Å²) >= 11 is 0. The van der Waals surface area contributed by atoms with Crippen molar-refractivity contribution in [2.45, 2.75) is 6.92 Å². The van der Waals surface area contributed by atoms with Crippen LogP contribution in [0.25, 0.3) is 11.3 Å². The molecule has 6 nitrogen and oxygen atoms in total. The first kappa shape index (κ1) is 14.5. The predicted molar refractivity (Wildman–Crippen MR) is 76.0 cm³/mol. The third-order valence-electron chi connectivity index (χ3n) is 2.75. The van der Waals surface area contributed by atoms with Gasteiger partial charge in [-0.2, -0.15) is 0 Å². The highest BCUT2D eigenvalue weighted by molar-refractivity contribution is 5.87. The zero-order chi connectivity index (χ0) is 15.4. The van der Waals surface area contributed by atoms with Crippen LogP contribution < -0.4 is 0 Å². The highest BCUT2D eigenvalue weighted by Crippen LogP contribution is 2.32. The van der Waals surface area contributed by atoms with Gasteiger partial charge in [0.05, 0.1) is 10.5 Å². The van der Waals surface area contributed by atoms with E-state index in [2.05, 4.69) is 6.58 Å². The van der Waals surface area contributed by atoms with E-state index in [1.807, 2.05) is 0 Å². The Bertz CT molecular complexity index is 702. The molecule has 0 spiro atoms. The first-order chi connectivity index (χ1) is 10.0. The highest BCUT2D eigenvalue weighted by Gasteiger charge is 2.20. The minimum absolute atomic E-state index is 0.0123. The summed E-state index contributed by atoms with van der Waals surface area (Å²) < 4.78 is 10.2. The summed E-state index contributed by atoms with van der Waals surface area (Å²) in [5.41, 5.74) is 1.01. The van der Waals surface area contributed by atoms with E-state index in [4.69, 9.17) is 9.15 Å². The summed E-state index contributed by atoms with van der Waals surface area (Å²) in [6, 6.07) is 7.70. The van der Waals surface area contributed by atoms with Crippen molar-refractivity contribution in [3.8, 4) is 11.3 Å². The Labute approximate surface area is 120 Å². The van der Waals surface area contributed by atoms with E-state index in [1.165, 1.54) is 24.3 Å². The molecule has 0 saturated heterocycles. The van der Waals surface area contributed by atoms with Crippen molar-refractivity contribution in [1.82, 2.24) is 0 Å². The van der Waals surface area contributed by atoms with E-state index in [9.17, 15) is 14.9 Å². The number of nitro benzene ring substituents is 1. The van der Waals surface area contributed by atoms with Crippen LogP contribution in [-0.4, -0.2) is 17.5 Å². The van der Waals surface area contributed by atoms with Gasteiger partial charge in [0.1, 0.15) is 12.4 Å². The van der Waals surface area contributed by atoms with E-state index < -0.39 is 10.9 Å². The highest BCUT2D eigenvalue weighted by atomic mass is 16.6. The van der Waals surface area contributed by atoms with Gasteiger partial charge in [-0.05, 0) is 30.7 Å². The molecule has 0 N–H and O–H groups in total. The number of aryl methyl sites for hydroxylation is 1. The van der Waals surface area contributed by atoms with E-state index in [0.29, 0.717) is 5.56 Å². The molecule has 2 rings (SSSR count). The van der Waals surface area contributed by atoms with Crippen molar-refractivity contribution in [2.24, 2.45) is 0 Å². The molecule has 0 saturated carbocycles. The van der Waals surface area contributed by atoms with Crippen LogP contribution in [0.1, 0.15) is 16.1 Å². The van der Waals surface area contributed by atoms with Gasteiger partial charge in [0, 0.05) is 6.07 Å². The predicted octanol–water partition coefficient (Wildman–Crippen LogP) is 3.51. The lowest BCUT2D eigenvalue weighted by atomic mass is 10.1. The summed E-state index contributed by atoms with van der Waals surface area (Å²) in [6.45, 7) is 5.27. The number of benzene rings is 1. The summed E-state index contributed by atoms with van der Waals surface area (Å²) in [6.07, 6.45) is 1.44. The van der Waals surface area contributed by atoms with Gasteiger partial charge in [0.2, 0.25) is 5.76 Å². The van der Waals surface area contributed by atoms with Gasteiger partial charge < -0.3 is 9.15 Å². The first-order valence-electron chi connectivity index (χ1n) is 6.16. The van der Waals surface area contributed by atoms with Crippen molar-refractivity contribution in [1.29, 1.82) is 0 Å². The Morgan fingerprint density at radius 1 is 1.43 bits per heavy atom. The topological polar surface area (TPSA) is 82.6 Å². The minimum atomic E-state index is -0.643. The molecule has 0 amide bonds. The van der Waals surface area contributed by atoms with E-state index >= 15 is 0 Å². The van der Waals surface area contributed by atoms with Crippen molar-refractivity contribution >= 4 is 11.7 Å². The maximum absolute atomic E-state index is 11.6. The van der Waals surface area contributed by atoms with Crippen LogP contribution in [0.5, 0.6) is 0 Å². The molecule has 0 radical (unpaired) electrons. The second-order valence-corrected chi connectivity index (χ2v) is 4.33. The lowest BCUT2D eigenvalue weighted by Gasteiger charge is -2.01. The van der Waals surface area contributed by atoms with Crippen molar-refractivity contribution in [2.75, 3.05) is 6.61 Å². The van der Waals surface area contributed by atoms with Gasteiger partial charge in [0.25, 0.3) is 5.69 Å². The largest absolute Gasteiger partial charge is 0.456 e. The van der Waals surface area contributed by atoms with Crippen LogP contribution in [0.2, 0.25) is 0 Å². The first-order valence-corrected chi connectivity index (χ1v) is 6.16. The van der Waals surface area contributed by atoms with Crippen LogP contribution >= 0.6 is 0 Å². The van der Waals surface area contributed by atoms with Gasteiger partial charge in [-0.1, -0.05) is 18.7 Å². The number of furan rings is 1. The lowest BCUT2D eigenvalue weighted by Crippen LogP contribution is -2.03. The number of ether oxygens (including phenoxy) is 1. The van der Waals surface area contributed by atoms with E-state index in [-0.39, 0.29) is 23.8 Å². The molecule has 0 unspecified atom stereocenters. The molecule has 108 valence electrons. The number of carbonyl (C=O) groups excluding carboxylic acids is 1. The Morgan fingerprint density at radius 3 is 2.86 bits per heavy atom. The average Bonchev–Trinajstić information content (AvgIpc) is 2.94. The number of hydrogen-bond donors (Lipinski definition) is 0. The summed E-state index contributed by atoms with van der Waals surface area (Å²) in [5.74, 6) is -0.412. The quantitative estimate of drug-likeness (QED) is 0.364. The van der Waals surface area contributed by atoms with Crippen LogP contribution in [0.3, 0.4) is 0 Å². The van der Waals surface area contributed by atoms with Crippen LogP contribution in [0, 0.1) is 17.0 Å². The number of nitrogens with zero attached hydrogens (tertiary/aromatic N) is 1. The second kappa shape index (κ2) is 6.04. The molecule has 1 heterocycles. The molecule has 2 aromatic rings. The van der Waals surface area contributed by atoms with Crippen molar-refractivity contribution in [3.63, 3.8) is 0 Å². The third kappa shape index (κ3) is 3.17. The molecular weight excluding hydrogens is 274 g/mol. The zero-order valence-corrected chi connectivity index (χ0v) is 11.4. The van der Waals surface area contributed by atoms with Gasteiger partial charge in [-0.25, -0.2) is 4.79 Å². The summed E-state index contributed by atoms with van der Waals surface area (Å²) in [5, 5.41) is 11.1. The fraction of sp³-hybridized carbons (Fsp3) is 0.133. The fourth-order valence-electron chi connectivity index (χ4n) is 1.80. The molecule has 0 fully saturated rings. The molecular formula is C15H13NO5. The molecule has 0 aliphatic rings. The van der Waals surface area contributed by atoms with Gasteiger partial charge in [-0.3, -0.25) is 10.1 Å². The summed E-state index contributed by atoms with van der Waals surface area (Å²) in [4.78, 5) is 22.2. The second-order valence-electron chi connectivity index (χ2n) is 4.33. The minimum Gasteiger partial charge on any atom is -0.456 e. The van der Waals surface area contributed by atoms with Gasteiger partial charge >= 0.3 is 5.97 Å². The van der Waals surface area contributed by atoms with Gasteiger partial charge in [-0.15, -0.1) is 0 Å². The SMILES string of the molecule is C=CCOC(=O)c1ccc(-c2ccc(C)cc2[N+](=O)[O-])o1. The smallest absolute Gasteiger partial charge is 0.374 e. The molecule has 21 heavy (non-hydrogen) atoms. The number of rotatable bonds is 5. The van der Waals surface area contributed by atoms with Gasteiger partial charge in [0.15, 0.2) is 0 Å². The number of nitro groups is 1. The monoisotopic (exact) mass is 287 g/mol. The number of esters is 1. The van der Waals surface area contributed by atoms with Crippen LogP contribution in [0.4, 0.5) is 5.69 Å². The molecule has 0 bridgehead atoms. The Morgan fingerprint density at radius 2 is 2.19 bits per heavy atom. The maximum Gasteiger partial charge on any atom is 0.374 e. The molecule has 1 aromatic carbocycles. The normalized spacial score (nSPS) is 10.1. The molecule has 0 atom stereocenters. The Hall–Kier alpha value is -2.89. The summed E-state index contributed by atoms with van der Waals surface area (Å²) in [7, 11) is 0. The van der Waals surface area contributed by atoms with Crippen molar-refractivity contribution in [3.05, 3.63) is 64.4 Å². The molecule has 0 aliphatic heterocycles. The maximum atomic E-state index is 11.6. The van der Waals surface area contributed by atoms with E-state index in [0.717, 1.165) is 5.56 Å². The van der Waals surface area contributed by atoms with Crippen LogP contribution in [0.15, 0.2) is 47.4 Å². The van der Waals surface area contributed by atoms with Crippen LogP contribution in [-0.2, 0) is 4.74 Å². The molecule has 1 aromatic heterocycles. The Kier molecular flexibility index (Phi) is 4.18. The molecule has 0 aliphatic carbocycles. The Balaban J connectivity index is 2.36. The molecule has 6 heteroatoms. The standard InChI is InChI=1S/C15H13NO5/c1-3-8-20-15(17)14-7-6-13(21-14)11-5-4-10(2)9-12(11)16(18)19/h3-7,9H,1,8H2,2H3. The third-order valence-corrected chi connectivity index (χ3v) is 2.75. The average molecular weight is 287 g/mol.